The summed E-state index contributed by atoms with van der Waals surface area (Å²) in [5.74, 6) is 0.518. The number of nitrogen functional groups attached to an aromatic ring is 1. The lowest BCUT2D eigenvalue weighted by Crippen LogP contribution is -2.13. The summed E-state index contributed by atoms with van der Waals surface area (Å²) in [7, 11) is 0. The van der Waals surface area contributed by atoms with Crippen LogP contribution in [0.4, 0.5) is 11.4 Å². The van der Waals surface area contributed by atoms with Gasteiger partial charge < -0.3 is 15.8 Å². The molecule has 21 heavy (non-hydrogen) atoms. The van der Waals surface area contributed by atoms with Gasteiger partial charge in [-0.15, -0.1) is 0 Å². The average Bonchev–Trinajstić information content (AvgIpc) is 2.42. The Balaban J connectivity index is 2.19. The average molecular weight is 313 g/mol. The quantitative estimate of drug-likeness (QED) is 0.533. The van der Waals surface area contributed by atoms with Crippen LogP contribution < -0.4 is 11.1 Å². The van der Waals surface area contributed by atoms with Crippen molar-refractivity contribution in [3.05, 3.63) is 23.2 Å². The van der Waals surface area contributed by atoms with Crippen molar-refractivity contribution in [2.75, 3.05) is 24.3 Å². The number of hydrogen-bond donors (Lipinski definition) is 2. The van der Waals surface area contributed by atoms with E-state index in [1.54, 1.807) is 18.2 Å². The van der Waals surface area contributed by atoms with Crippen LogP contribution in [0.5, 0.6) is 0 Å². The summed E-state index contributed by atoms with van der Waals surface area (Å²) in [5.41, 5.74) is 6.77. The minimum atomic E-state index is -0.0631. The zero-order chi connectivity index (χ0) is 15.7. The Bertz CT molecular complexity index is 452. The number of amides is 1. The Hall–Kier alpha value is -1.26. The minimum absolute atomic E-state index is 0.0631. The van der Waals surface area contributed by atoms with Gasteiger partial charge in [0.05, 0.1) is 10.7 Å². The van der Waals surface area contributed by atoms with Crippen molar-refractivity contribution in [3.8, 4) is 0 Å². The lowest BCUT2D eigenvalue weighted by atomic mass is 10.1. The molecule has 5 heteroatoms. The first-order valence-corrected chi connectivity index (χ1v) is 7.83. The molecule has 1 amide bonds. The van der Waals surface area contributed by atoms with Gasteiger partial charge in [0.1, 0.15) is 0 Å². The van der Waals surface area contributed by atoms with Crippen LogP contribution in [0.25, 0.3) is 0 Å². The van der Waals surface area contributed by atoms with E-state index in [0.717, 1.165) is 6.61 Å². The van der Waals surface area contributed by atoms with Crippen LogP contribution >= 0.6 is 11.6 Å². The van der Waals surface area contributed by atoms with E-state index in [0.29, 0.717) is 41.8 Å². The molecule has 0 aromatic heterocycles. The van der Waals surface area contributed by atoms with Crippen molar-refractivity contribution in [1.82, 2.24) is 0 Å². The number of rotatable bonds is 9. The number of anilines is 2. The fourth-order valence-electron chi connectivity index (χ4n) is 2.04. The summed E-state index contributed by atoms with van der Waals surface area (Å²) >= 11 is 6.00. The van der Waals surface area contributed by atoms with E-state index >= 15 is 0 Å². The van der Waals surface area contributed by atoms with Crippen LogP contribution in [-0.2, 0) is 9.53 Å². The van der Waals surface area contributed by atoms with Gasteiger partial charge in [-0.3, -0.25) is 4.79 Å². The molecule has 4 nitrogen and oxygen atoms in total. The Kier molecular flexibility index (Phi) is 8.16. The molecule has 0 heterocycles. The molecule has 0 aliphatic carbocycles. The summed E-state index contributed by atoms with van der Waals surface area (Å²) < 4.78 is 5.57. The van der Waals surface area contributed by atoms with Crippen LogP contribution in [0, 0.1) is 5.92 Å². The molecule has 0 fully saturated rings. The molecule has 0 aliphatic rings. The van der Waals surface area contributed by atoms with Crippen molar-refractivity contribution in [3.63, 3.8) is 0 Å². The molecule has 0 aliphatic heterocycles. The number of carbonyl (C=O) groups is 1. The highest BCUT2D eigenvalue weighted by Gasteiger charge is 2.06. The van der Waals surface area contributed by atoms with Gasteiger partial charge >= 0.3 is 0 Å². The van der Waals surface area contributed by atoms with Crippen molar-refractivity contribution in [1.29, 1.82) is 0 Å². The maximum absolute atomic E-state index is 11.8. The first kappa shape index (κ1) is 17.8. The first-order chi connectivity index (χ1) is 10.0. The van der Waals surface area contributed by atoms with E-state index in [4.69, 9.17) is 22.1 Å². The predicted octanol–water partition coefficient (Wildman–Crippen LogP) is 4.09. The Morgan fingerprint density at radius 3 is 2.90 bits per heavy atom. The van der Waals surface area contributed by atoms with Crippen LogP contribution in [0.15, 0.2) is 18.2 Å². The normalized spacial score (nSPS) is 12.1. The zero-order valence-electron chi connectivity index (χ0n) is 12.8. The van der Waals surface area contributed by atoms with Gasteiger partial charge in [-0.25, -0.2) is 0 Å². The minimum Gasteiger partial charge on any atom is -0.399 e. The van der Waals surface area contributed by atoms with E-state index in [1.807, 2.05) is 0 Å². The molecule has 1 aromatic rings. The number of halogens is 1. The summed E-state index contributed by atoms with van der Waals surface area (Å²) in [6.45, 7) is 5.72. The molecule has 1 atom stereocenters. The van der Waals surface area contributed by atoms with E-state index in [2.05, 4.69) is 19.2 Å². The molecule has 0 radical (unpaired) electrons. The van der Waals surface area contributed by atoms with Crippen molar-refractivity contribution in [2.45, 2.75) is 39.5 Å². The second-order valence-electron chi connectivity index (χ2n) is 5.36. The maximum atomic E-state index is 11.8. The van der Waals surface area contributed by atoms with Gasteiger partial charge in [0.2, 0.25) is 5.91 Å². The van der Waals surface area contributed by atoms with Crippen LogP contribution in [-0.4, -0.2) is 19.1 Å². The van der Waals surface area contributed by atoms with Gasteiger partial charge in [-0.2, -0.15) is 0 Å². The lowest BCUT2D eigenvalue weighted by Gasteiger charge is -2.11. The van der Waals surface area contributed by atoms with Crippen molar-refractivity contribution in [2.24, 2.45) is 5.92 Å². The third-order valence-corrected chi connectivity index (χ3v) is 3.46. The monoisotopic (exact) mass is 312 g/mol. The van der Waals surface area contributed by atoms with Crippen LogP contribution in [0.3, 0.4) is 0 Å². The summed E-state index contributed by atoms with van der Waals surface area (Å²) in [4.78, 5) is 11.8. The highest BCUT2D eigenvalue weighted by molar-refractivity contribution is 6.34. The van der Waals surface area contributed by atoms with Gasteiger partial charge in [0, 0.05) is 25.3 Å². The SMILES string of the molecule is CCCC(C)COCCCC(=O)Nc1ccc(N)cc1Cl. The smallest absolute Gasteiger partial charge is 0.224 e. The summed E-state index contributed by atoms with van der Waals surface area (Å²) in [5, 5.41) is 3.23. The number of nitrogens with two attached hydrogens (primary N) is 1. The molecular formula is C16H25ClN2O2. The molecule has 0 saturated heterocycles. The van der Waals surface area contributed by atoms with E-state index in [-0.39, 0.29) is 5.91 Å². The fourth-order valence-corrected chi connectivity index (χ4v) is 2.28. The first-order valence-electron chi connectivity index (χ1n) is 7.45. The number of hydrogen-bond acceptors (Lipinski definition) is 3. The van der Waals surface area contributed by atoms with Crippen molar-refractivity contribution < 1.29 is 9.53 Å². The summed E-state index contributed by atoms with van der Waals surface area (Å²) in [6.07, 6.45) is 3.48. The highest BCUT2D eigenvalue weighted by Crippen LogP contribution is 2.24. The van der Waals surface area contributed by atoms with Gasteiger partial charge in [0.25, 0.3) is 0 Å². The lowest BCUT2D eigenvalue weighted by molar-refractivity contribution is -0.116. The molecule has 0 spiro atoms. The van der Waals surface area contributed by atoms with Gasteiger partial charge in [-0.1, -0.05) is 31.9 Å². The van der Waals surface area contributed by atoms with Gasteiger partial charge in [-0.05, 0) is 37.0 Å². The second kappa shape index (κ2) is 9.64. The molecule has 0 saturated carbocycles. The van der Waals surface area contributed by atoms with Gasteiger partial charge in [0.15, 0.2) is 0 Å². The van der Waals surface area contributed by atoms with Crippen LogP contribution in [0.1, 0.15) is 39.5 Å². The number of benzene rings is 1. The molecule has 1 unspecified atom stereocenters. The number of nitrogens with one attached hydrogen (secondary N) is 1. The van der Waals surface area contributed by atoms with E-state index in [1.165, 1.54) is 12.8 Å². The second-order valence-corrected chi connectivity index (χ2v) is 5.77. The molecule has 0 bridgehead atoms. The topological polar surface area (TPSA) is 64.3 Å². The largest absolute Gasteiger partial charge is 0.399 e. The number of ether oxygens (including phenoxy) is 1. The maximum Gasteiger partial charge on any atom is 0.224 e. The molecular weight excluding hydrogens is 288 g/mol. The highest BCUT2D eigenvalue weighted by atomic mass is 35.5. The van der Waals surface area contributed by atoms with Crippen LogP contribution in [0.2, 0.25) is 5.02 Å². The Morgan fingerprint density at radius 1 is 1.48 bits per heavy atom. The van der Waals surface area contributed by atoms with E-state index < -0.39 is 0 Å². The molecule has 1 aromatic carbocycles. The molecule has 118 valence electrons. The molecule has 1 rings (SSSR count). The molecule has 3 N–H and O–H groups in total. The predicted molar refractivity (Wildman–Crippen MR) is 88.6 cm³/mol. The third kappa shape index (κ3) is 7.34. The standard InChI is InChI=1S/C16H25ClN2O2/c1-3-5-12(2)11-21-9-4-6-16(20)19-15-8-7-13(18)10-14(15)17/h7-8,10,12H,3-6,9,11,18H2,1-2H3,(H,19,20). The third-order valence-electron chi connectivity index (χ3n) is 3.14. The summed E-state index contributed by atoms with van der Waals surface area (Å²) in [6, 6.07) is 5.04. The zero-order valence-corrected chi connectivity index (χ0v) is 13.6. The Labute approximate surface area is 132 Å². The fraction of sp³-hybridized carbons (Fsp3) is 0.562. The number of carbonyl (C=O) groups excluding carboxylic acids is 1. The van der Waals surface area contributed by atoms with E-state index in [9.17, 15) is 4.79 Å². The Morgan fingerprint density at radius 2 is 2.24 bits per heavy atom. The van der Waals surface area contributed by atoms with Crippen molar-refractivity contribution >= 4 is 28.9 Å².